The van der Waals surface area contributed by atoms with Gasteiger partial charge in [0.2, 0.25) is 11.8 Å². The molecule has 2 N–H and O–H groups in total. The van der Waals surface area contributed by atoms with Crippen molar-refractivity contribution in [2.45, 2.75) is 92.9 Å². The second-order valence-electron chi connectivity index (χ2n) is 13.0. The van der Waals surface area contributed by atoms with E-state index in [1.54, 1.807) is 0 Å². The van der Waals surface area contributed by atoms with E-state index in [0.29, 0.717) is 26.2 Å². The first-order valence-electron chi connectivity index (χ1n) is 13.6. The number of amides is 2. The highest BCUT2D eigenvalue weighted by Crippen LogP contribution is 2.38. The number of piperazine rings is 1. The first kappa shape index (κ1) is 29.5. The van der Waals surface area contributed by atoms with Crippen molar-refractivity contribution in [1.29, 1.82) is 0 Å². The maximum absolute atomic E-state index is 13.2. The molecule has 6 heteroatoms. The maximum Gasteiger partial charge on any atom is 0.227 e. The van der Waals surface area contributed by atoms with Gasteiger partial charge in [0.25, 0.3) is 0 Å². The summed E-state index contributed by atoms with van der Waals surface area (Å²) in [5, 5.41) is 21.6. The second-order valence-corrected chi connectivity index (χ2v) is 13.0. The molecule has 2 aromatic rings. The number of carbonyl (C=O) groups is 2. The normalized spacial score (nSPS) is 14.7. The van der Waals surface area contributed by atoms with Crippen LogP contribution in [-0.2, 0) is 33.3 Å². The van der Waals surface area contributed by atoms with Gasteiger partial charge in [0.15, 0.2) is 0 Å². The third kappa shape index (κ3) is 6.00. The summed E-state index contributed by atoms with van der Waals surface area (Å²) in [4.78, 5) is 30.0. The summed E-state index contributed by atoms with van der Waals surface area (Å²) in [6.07, 6.45) is 0.475. The van der Waals surface area contributed by atoms with Crippen LogP contribution in [0.15, 0.2) is 12.1 Å². The third-order valence-electron chi connectivity index (χ3n) is 8.06. The zero-order valence-corrected chi connectivity index (χ0v) is 25.0. The van der Waals surface area contributed by atoms with Gasteiger partial charge in [-0.2, -0.15) is 0 Å². The highest BCUT2D eigenvalue weighted by molar-refractivity contribution is 5.82. The van der Waals surface area contributed by atoms with E-state index in [4.69, 9.17) is 0 Å². The van der Waals surface area contributed by atoms with Gasteiger partial charge in [-0.25, -0.2) is 0 Å². The molecule has 2 aromatic carbocycles. The number of aryl methyl sites for hydroxylation is 2. The van der Waals surface area contributed by atoms with E-state index in [0.717, 1.165) is 44.5 Å². The molecule has 3 rings (SSSR count). The van der Waals surface area contributed by atoms with Crippen LogP contribution in [0.1, 0.15) is 86.1 Å². The number of carbonyl (C=O) groups excluding carboxylic acids is 2. The van der Waals surface area contributed by atoms with E-state index in [2.05, 4.69) is 41.5 Å². The SMILES string of the molecule is Cc1cc(C(C)(C)C)c(O)c(C)c1CC(=O)N1CCN(C(=O)Cc2c(C)cc(C(C)(C)C)c(O)c2C)CC1. The zero-order chi connectivity index (χ0) is 28.7. The van der Waals surface area contributed by atoms with Crippen molar-refractivity contribution in [3.8, 4) is 11.5 Å². The van der Waals surface area contributed by atoms with Crippen LogP contribution in [0, 0.1) is 27.7 Å². The van der Waals surface area contributed by atoms with E-state index in [1.807, 2.05) is 49.6 Å². The van der Waals surface area contributed by atoms with Crippen LogP contribution in [0.5, 0.6) is 11.5 Å². The first-order valence-corrected chi connectivity index (χ1v) is 13.6. The van der Waals surface area contributed by atoms with Crippen molar-refractivity contribution in [3.05, 3.63) is 56.6 Å². The van der Waals surface area contributed by atoms with E-state index < -0.39 is 0 Å². The minimum atomic E-state index is -0.185. The largest absolute Gasteiger partial charge is 0.507 e. The van der Waals surface area contributed by atoms with Crippen LogP contribution in [0.2, 0.25) is 0 Å². The predicted octanol–water partition coefficient (Wildman–Crippen LogP) is 5.38. The average Bonchev–Trinajstić information content (AvgIpc) is 2.82. The van der Waals surface area contributed by atoms with Gasteiger partial charge in [0.05, 0.1) is 12.8 Å². The van der Waals surface area contributed by atoms with Crippen LogP contribution >= 0.6 is 0 Å². The van der Waals surface area contributed by atoms with Crippen molar-refractivity contribution in [2.75, 3.05) is 26.2 Å². The molecule has 0 bridgehead atoms. The Morgan fingerprint density at radius 2 is 0.947 bits per heavy atom. The maximum atomic E-state index is 13.2. The second kappa shape index (κ2) is 10.6. The van der Waals surface area contributed by atoms with Gasteiger partial charge < -0.3 is 20.0 Å². The van der Waals surface area contributed by atoms with Gasteiger partial charge >= 0.3 is 0 Å². The fourth-order valence-electron chi connectivity index (χ4n) is 5.44. The summed E-state index contributed by atoms with van der Waals surface area (Å²) in [7, 11) is 0. The summed E-state index contributed by atoms with van der Waals surface area (Å²) >= 11 is 0. The smallest absolute Gasteiger partial charge is 0.227 e. The van der Waals surface area contributed by atoms with Crippen molar-refractivity contribution < 1.29 is 19.8 Å². The summed E-state index contributed by atoms with van der Waals surface area (Å²) in [6.45, 7) is 22.1. The van der Waals surface area contributed by atoms with Crippen molar-refractivity contribution >= 4 is 11.8 Å². The Morgan fingerprint density at radius 3 is 1.21 bits per heavy atom. The fraction of sp³-hybridized carbons (Fsp3) is 0.562. The summed E-state index contributed by atoms with van der Waals surface area (Å²) in [5.41, 5.74) is 6.73. The Morgan fingerprint density at radius 1 is 0.658 bits per heavy atom. The lowest BCUT2D eigenvalue weighted by Crippen LogP contribution is -2.51. The molecule has 0 spiro atoms. The van der Waals surface area contributed by atoms with E-state index in [-0.39, 0.29) is 47.0 Å². The van der Waals surface area contributed by atoms with Gasteiger partial charge in [-0.1, -0.05) is 53.7 Å². The van der Waals surface area contributed by atoms with Gasteiger partial charge in [-0.3, -0.25) is 9.59 Å². The van der Waals surface area contributed by atoms with E-state index >= 15 is 0 Å². The van der Waals surface area contributed by atoms with Gasteiger partial charge in [-0.15, -0.1) is 0 Å². The van der Waals surface area contributed by atoms with Crippen molar-refractivity contribution in [2.24, 2.45) is 0 Å². The molecular formula is C32H46N2O4. The molecule has 0 radical (unpaired) electrons. The number of phenolic OH excluding ortho intramolecular Hbond substituents is 2. The molecule has 0 atom stereocenters. The number of hydrogen-bond acceptors (Lipinski definition) is 4. The molecule has 6 nitrogen and oxygen atoms in total. The van der Waals surface area contributed by atoms with Crippen LogP contribution in [0.25, 0.3) is 0 Å². The molecule has 208 valence electrons. The Kier molecular flexibility index (Phi) is 8.26. The molecule has 1 aliphatic rings. The number of nitrogens with zero attached hydrogens (tertiary/aromatic N) is 2. The Labute approximate surface area is 228 Å². The van der Waals surface area contributed by atoms with Crippen LogP contribution in [0.3, 0.4) is 0 Å². The zero-order valence-electron chi connectivity index (χ0n) is 25.0. The Bertz CT molecular complexity index is 1140. The minimum absolute atomic E-state index is 0.0144. The van der Waals surface area contributed by atoms with Crippen molar-refractivity contribution in [1.82, 2.24) is 9.80 Å². The number of benzene rings is 2. The molecule has 0 saturated carbocycles. The van der Waals surface area contributed by atoms with Crippen LogP contribution in [0.4, 0.5) is 0 Å². The molecule has 38 heavy (non-hydrogen) atoms. The molecule has 2 amide bonds. The van der Waals surface area contributed by atoms with Crippen LogP contribution in [-0.4, -0.2) is 58.0 Å². The molecule has 0 unspecified atom stereocenters. The van der Waals surface area contributed by atoms with E-state index in [1.165, 1.54) is 0 Å². The minimum Gasteiger partial charge on any atom is -0.507 e. The summed E-state index contributed by atoms with van der Waals surface area (Å²) in [6, 6.07) is 3.99. The summed E-state index contributed by atoms with van der Waals surface area (Å²) < 4.78 is 0. The van der Waals surface area contributed by atoms with Gasteiger partial charge in [0, 0.05) is 26.2 Å². The lowest BCUT2D eigenvalue weighted by Gasteiger charge is -2.35. The number of hydrogen-bond donors (Lipinski definition) is 2. The Balaban J connectivity index is 1.66. The number of phenols is 2. The molecular weight excluding hydrogens is 476 g/mol. The van der Waals surface area contributed by atoms with Gasteiger partial charge in [0.1, 0.15) is 11.5 Å². The van der Waals surface area contributed by atoms with Crippen molar-refractivity contribution in [3.63, 3.8) is 0 Å². The first-order chi connectivity index (χ1) is 17.4. The summed E-state index contributed by atoms with van der Waals surface area (Å²) in [5.74, 6) is 0.572. The molecule has 1 fully saturated rings. The molecule has 0 aliphatic carbocycles. The highest BCUT2D eigenvalue weighted by Gasteiger charge is 2.28. The standard InChI is InChI=1S/C32H46N2O4/c1-19-15-25(31(5,6)7)29(37)21(3)23(19)17-27(35)33-11-13-34(14-12-33)28(36)18-24-20(2)16-26(32(8,9)10)30(38)22(24)4/h15-16,37-38H,11-14,17-18H2,1-10H3. The van der Waals surface area contributed by atoms with E-state index in [9.17, 15) is 19.8 Å². The third-order valence-corrected chi connectivity index (χ3v) is 8.06. The molecule has 0 aromatic heterocycles. The monoisotopic (exact) mass is 522 g/mol. The topological polar surface area (TPSA) is 81.1 Å². The molecule has 1 saturated heterocycles. The lowest BCUT2D eigenvalue weighted by atomic mass is 9.82. The highest BCUT2D eigenvalue weighted by atomic mass is 16.3. The van der Waals surface area contributed by atoms with Gasteiger partial charge in [-0.05, 0) is 83.0 Å². The number of rotatable bonds is 4. The molecule has 1 heterocycles. The fourth-order valence-corrected chi connectivity index (χ4v) is 5.44. The molecule has 1 aliphatic heterocycles. The number of aromatic hydroxyl groups is 2. The quantitative estimate of drug-likeness (QED) is 0.565. The average molecular weight is 523 g/mol. The lowest BCUT2D eigenvalue weighted by molar-refractivity contribution is -0.138. The van der Waals surface area contributed by atoms with Crippen LogP contribution < -0.4 is 0 Å². The Hall–Kier alpha value is -3.02. The predicted molar refractivity (Wildman–Crippen MR) is 153 cm³/mol.